The molecule has 4 heteroatoms. The summed E-state index contributed by atoms with van der Waals surface area (Å²) in [6, 6.07) is 0. The van der Waals surface area contributed by atoms with Crippen molar-refractivity contribution in [1.82, 2.24) is 16.0 Å². The molecule has 0 aromatic heterocycles. The van der Waals surface area contributed by atoms with E-state index in [1.807, 2.05) is 24.7 Å². The van der Waals surface area contributed by atoms with Crippen LogP contribution in [0, 0.1) is 0 Å². The van der Waals surface area contributed by atoms with Gasteiger partial charge in [-0.3, -0.25) is 0 Å². The monoisotopic (exact) mass is 169 g/mol. The molecule has 0 amide bonds. The molecule has 1 unspecified atom stereocenters. The molecule has 2 aliphatic heterocycles. The summed E-state index contributed by atoms with van der Waals surface area (Å²) in [5.41, 5.74) is 1.92. The van der Waals surface area contributed by atoms with E-state index in [4.69, 9.17) is 11.6 Å². The van der Waals surface area contributed by atoms with Crippen molar-refractivity contribution < 1.29 is 0 Å². The molecule has 0 saturated carbocycles. The Morgan fingerprint density at radius 2 is 1.91 bits per heavy atom. The van der Waals surface area contributed by atoms with Crippen molar-refractivity contribution in [1.29, 1.82) is 0 Å². The zero-order valence-electron chi connectivity index (χ0n) is 5.76. The Kier molecular flexibility index (Phi) is 1.51. The van der Waals surface area contributed by atoms with E-state index in [0.717, 1.165) is 11.4 Å². The summed E-state index contributed by atoms with van der Waals surface area (Å²) >= 11 is 5.81. The molecule has 2 rings (SSSR count). The van der Waals surface area contributed by atoms with Crippen molar-refractivity contribution in [3.63, 3.8) is 0 Å². The predicted octanol–water partition coefficient (Wildman–Crippen LogP) is 0.544. The van der Waals surface area contributed by atoms with Crippen molar-refractivity contribution >= 4 is 11.6 Å². The Hall–Kier alpha value is -1.09. The SMILES string of the molecule is ClC1C=C2NC=CNC2=CN1. The second-order valence-corrected chi connectivity index (χ2v) is 2.80. The van der Waals surface area contributed by atoms with Crippen molar-refractivity contribution in [2.24, 2.45) is 0 Å². The number of rotatable bonds is 0. The first-order valence-electron chi connectivity index (χ1n) is 3.37. The molecular formula is C7H8ClN3. The van der Waals surface area contributed by atoms with Crippen LogP contribution >= 0.6 is 11.6 Å². The Balaban J connectivity index is 2.28. The minimum atomic E-state index is -0.116. The molecule has 0 aliphatic carbocycles. The average Bonchev–Trinajstić information content (AvgIpc) is 2.04. The summed E-state index contributed by atoms with van der Waals surface area (Å²) in [6.07, 6.45) is 7.43. The molecule has 2 heterocycles. The summed E-state index contributed by atoms with van der Waals surface area (Å²) in [7, 11) is 0. The first-order chi connectivity index (χ1) is 5.36. The van der Waals surface area contributed by atoms with Gasteiger partial charge in [0.1, 0.15) is 5.50 Å². The van der Waals surface area contributed by atoms with E-state index in [0.29, 0.717) is 0 Å². The van der Waals surface area contributed by atoms with E-state index in [-0.39, 0.29) is 5.50 Å². The number of dihydropyridines is 1. The first-order valence-corrected chi connectivity index (χ1v) is 3.80. The van der Waals surface area contributed by atoms with Crippen molar-refractivity contribution in [3.05, 3.63) is 36.1 Å². The lowest BCUT2D eigenvalue weighted by Crippen LogP contribution is -2.31. The van der Waals surface area contributed by atoms with E-state index in [2.05, 4.69) is 16.0 Å². The number of fused-ring (bicyclic) bond motifs is 1. The molecule has 0 bridgehead atoms. The van der Waals surface area contributed by atoms with Crippen LogP contribution in [0.15, 0.2) is 36.1 Å². The Bertz CT molecular complexity index is 254. The molecule has 3 N–H and O–H groups in total. The van der Waals surface area contributed by atoms with Gasteiger partial charge < -0.3 is 16.0 Å². The molecule has 11 heavy (non-hydrogen) atoms. The molecule has 0 aromatic rings. The van der Waals surface area contributed by atoms with Gasteiger partial charge in [0.05, 0.1) is 11.4 Å². The highest BCUT2D eigenvalue weighted by atomic mass is 35.5. The van der Waals surface area contributed by atoms with E-state index < -0.39 is 0 Å². The topological polar surface area (TPSA) is 36.1 Å². The third-order valence-electron chi connectivity index (χ3n) is 1.55. The fourth-order valence-corrected chi connectivity index (χ4v) is 1.22. The van der Waals surface area contributed by atoms with Gasteiger partial charge in [0.2, 0.25) is 0 Å². The number of nitrogens with one attached hydrogen (secondary N) is 3. The number of halogens is 1. The highest BCUT2D eigenvalue weighted by Gasteiger charge is 2.12. The third-order valence-corrected chi connectivity index (χ3v) is 1.80. The predicted molar refractivity (Wildman–Crippen MR) is 44.4 cm³/mol. The van der Waals surface area contributed by atoms with Crippen LogP contribution in [-0.4, -0.2) is 5.50 Å². The lowest BCUT2D eigenvalue weighted by molar-refractivity contribution is 0.798. The third kappa shape index (κ3) is 1.19. The molecular weight excluding hydrogens is 162 g/mol. The van der Waals surface area contributed by atoms with Crippen LogP contribution in [-0.2, 0) is 0 Å². The van der Waals surface area contributed by atoms with Gasteiger partial charge in [-0.05, 0) is 6.08 Å². The van der Waals surface area contributed by atoms with Gasteiger partial charge in [-0.25, -0.2) is 0 Å². The Labute approximate surface area is 69.8 Å². The second kappa shape index (κ2) is 2.51. The summed E-state index contributed by atoms with van der Waals surface area (Å²) < 4.78 is 0. The lowest BCUT2D eigenvalue weighted by atomic mass is 10.2. The summed E-state index contributed by atoms with van der Waals surface area (Å²) in [4.78, 5) is 0. The first kappa shape index (κ1) is 6.61. The van der Waals surface area contributed by atoms with E-state index >= 15 is 0 Å². The van der Waals surface area contributed by atoms with Crippen LogP contribution < -0.4 is 16.0 Å². The van der Waals surface area contributed by atoms with Gasteiger partial charge >= 0.3 is 0 Å². The second-order valence-electron chi connectivity index (χ2n) is 2.33. The van der Waals surface area contributed by atoms with Crippen molar-refractivity contribution in [3.8, 4) is 0 Å². The Morgan fingerprint density at radius 3 is 2.73 bits per heavy atom. The zero-order valence-corrected chi connectivity index (χ0v) is 6.52. The fourth-order valence-electron chi connectivity index (χ4n) is 1.03. The minimum Gasteiger partial charge on any atom is -0.370 e. The summed E-state index contributed by atoms with van der Waals surface area (Å²) in [6.45, 7) is 0. The van der Waals surface area contributed by atoms with Crippen LogP contribution in [0.25, 0.3) is 0 Å². The number of hydrogen-bond donors (Lipinski definition) is 3. The average molecular weight is 170 g/mol. The van der Waals surface area contributed by atoms with Crippen LogP contribution in [0.2, 0.25) is 0 Å². The number of alkyl halides is 1. The van der Waals surface area contributed by atoms with E-state index in [1.165, 1.54) is 0 Å². The molecule has 0 aromatic carbocycles. The highest BCUT2D eigenvalue weighted by Crippen LogP contribution is 2.13. The zero-order chi connectivity index (χ0) is 7.68. The standard InChI is InChI=1S/C7H8ClN3/c8-7-3-5-6(4-11-7)10-2-1-9-5/h1-4,7,9-11H. The van der Waals surface area contributed by atoms with Crippen molar-refractivity contribution in [2.45, 2.75) is 5.50 Å². The van der Waals surface area contributed by atoms with E-state index in [1.54, 1.807) is 0 Å². The minimum absolute atomic E-state index is 0.116. The quantitative estimate of drug-likeness (QED) is 0.366. The smallest absolute Gasteiger partial charge is 0.122 e. The Morgan fingerprint density at radius 1 is 1.18 bits per heavy atom. The maximum absolute atomic E-state index is 5.81. The van der Waals surface area contributed by atoms with Crippen LogP contribution in [0.3, 0.4) is 0 Å². The fraction of sp³-hybridized carbons (Fsp3) is 0.143. The largest absolute Gasteiger partial charge is 0.370 e. The molecule has 2 aliphatic rings. The molecule has 0 saturated heterocycles. The van der Waals surface area contributed by atoms with Gasteiger partial charge in [0.15, 0.2) is 0 Å². The maximum atomic E-state index is 5.81. The van der Waals surface area contributed by atoms with Gasteiger partial charge in [-0.2, -0.15) is 0 Å². The molecule has 0 radical (unpaired) electrons. The summed E-state index contributed by atoms with van der Waals surface area (Å²) in [5.74, 6) is 0. The molecule has 1 atom stereocenters. The number of hydrogen-bond acceptors (Lipinski definition) is 3. The van der Waals surface area contributed by atoms with Gasteiger partial charge in [0, 0.05) is 18.6 Å². The van der Waals surface area contributed by atoms with Gasteiger partial charge in [-0.1, -0.05) is 11.6 Å². The summed E-state index contributed by atoms with van der Waals surface area (Å²) in [5, 5.41) is 9.12. The molecule has 0 spiro atoms. The lowest BCUT2D eigenvalue weighted by Gasteiger charge is -2.22. The molecule has 58 valence electrons. The van der Waals surface area contributed by atoms with Crippen LogP contribution in [0.1, 0.15) is 0 Å². The normalized spacial score (nSPS) is 26.8. The van der Waals surface area contributed by atoms with Gasteiger partial charge in [0.25, 0.3) is 0 Å². The van der Waals surface area contributed by atoms with Crippen LogP contribution in [0.5, 0.6) is 0 Å². The maximum Gasteiger partial charge on any atom is 0.122 e. The van der Waals surface area contributed by atoms with E-state index in [9.17, 15) is 0 Å². The highest BCUT2D eigenvalue weighted by molar-refractivity contribution is 6.21. The van der Waals surface area contributed by atoms with Gasteiger partial charge in [-0.15, -0.1) is 0 Å². The van der Waals surface area contributed by atoms with Crippen molar-refractivity contribution in [2.75, 3.05) is 0 Å². The molecule has 0 fully saturated rings. The molecule has 3 nitrogen and oxygen atoms in total. The van der Waals surface area contributed by atoms with Crippen LogP contribution in [0.4, 0.5) is 0 Å².